The Morgan fingerprint density at radius 3 is 2.53 bits per heavy atom. The van der Waals surface area contributed by atoms with Gasteiger partial charge in [0.05, 0.1) is 11.1 Å². The number of ether oxygens (including phenoxy) is 1. The van der Waals surface area contributed by atoms with E-state index in [2.05, 4.69) is 10.5 Å². The third-order valence-electron chi connectivity index (χ3n) is 4.45. The first-order chi connectivity index (χ1) is 14.3. The normalized spacial score (nSPS) is 10.9. The molecule has 0 radical (unpaired) electrons. The lowest BCUT2D eigenvalue weighted by Gasteiger charge is -2.10. The van der Waals surface area contributed by atoms with Crippen molar-refractivity contribution in [3.8, 4) is 17.1 Å². The second kappa shape index (κ2) is 9.04. The largest absolute Gasteiger partial charge is 0.483 e. The number of furan rings is 1. The first kappa shape index (κ1) is 20.8. The van der Waals surface area contributed by atoms with Crippen molar-refractivity contribution in [3.05, 3.63) is 81.1 Å². The summed E-state index contributed by atoms with van der Waals surface area (Å²) >= 11 is 0. The third kappa shape index (κ3) is 4.91. The van der Waals surface area contributed by atoms with Crippen LogP contribution < -0.4 is 10.2 Å². The Bertz CT molecular complexity index is 1100. The van der Waals surface area contributed by atoms with Gasteiger partial charge in [-0.2, -0.15) is 5.10 Å². The molecule has 30 heavy (non-hydrogen) atoms. The summed E-state index contributed by atoms with van der Waals surface area (Å²) in [6, 6.07) is 13.7. The molecule has 0 aliphatic carbocycles. The zero-order chi connectivity index (χ0) is 21.7. The van der Waals surface area contributed by atoms with Gasteiger partial charge in [0.2, 0.25) is 0 Å². The minimum Gasteiger partial charge on any atom is -0.483 e. The van der Waals surface area contributed by atoms with Gasteiger partial charge in [0.15, 0.2) is 6.61 Å². The van der Waals surface area contributed by atoms with Crippen LogP contribution in [0, 0.1) is 30.9 Å². The van der Waals surface area contributed by atoms with Gasteiger partial charge in [0.25, 0.3) is 11.6 Å². The number of carbonyl (C=O) groups excluding carboxylic acids is 1. The molecule has 3 aromatic rings. The molecule has 8 heteroatoms. The number of rotatable bonds is 7. The van der Waals surface area contributed by atoms with Gasteiger partial charge in [0.1, 0.15) is 17.3 Å². The Morgan fingerprint density at radius 1 is 1.13 bits per heavy atom. The number of hydrogen-bond acceptors (Lipinski definition) is 6. The van der Waals surface area contributed by atoms with Crippen LogP contribution in [0.2, 0.25) is 0 Å². The van der Waals surface area contributed by atoms with Gasteiger partial charge in [-0.05, 0) is 55.7 Å². The zero-order valence-corrected chi connectivity index (χ0v) is 16.8. The lowest BCUT2D eigenvalue weighted by Crippen LogP contribution is -2.24. The van der Waals surface area contributed by atoms with Crippen LogP contribution in [-0.4, -0.2) is 23.7 Å². The van der Waals surface area contributed by atoms with Crippen molar-refractivity contribution in [1.82, 2.24) is 5.43 Å². The van der Waals surface area contributed by atoms with E-state index in [-0.39, 0.29) is 12.3 Å². The second-order valence-corrected chi connectivity index (χ2v) is 6.76. The van der Waals surface area contributed by atoms with Crippen LogP contribution in [0.25, 0.3) is 11.3 Å². The number of non-ortho nitro benzene ring substituents is 1. The summed E-state index contributed by atoms with van der Waals surface area (Å²) < 4.78 is 11.3. The lowest BCUT2D eigenvalue weighted by molar-refractivity contribution is -0.384. The van der Waals surface area contributed by atoms with E-state index in [4.69, 9.17) is 9.15 Å². The molecule has 2 aromatic carbocycles. The molecule has 3 rings (SSSR count). The molecule has 0 aliphatic rings. The van der Waals surface area contributed by atoms with Crippen LogP contribution in [0.5, 0.6) is 5.75 Å². The predicted octanol–water partition coefficient (Wildman–Crippen LogP) is 4.31. The van der Waals surface area contributed by atoms with E-state index in [9.17, 15) is 14.9 Å². The maximum atomic E-state index is 12.0. The molecular formula is C22H21N3O5. The molecule has 0 atom stereocenters. The van der Waals surface area contributed by atoms with Crippen molar-refractivity contribution in [3.63, 3.8) is 0 Å². The van der Waals surface area contributed by atoms with Gasteiger partial charge < -0.3 is 9.15 Å². The maximum Gasteiger partial charge on any atom is 0.277 e. The fourth-order valence-electron chi connectivity index (χ4n) is 2.97. The smallest absolute Gasteiger partial charge is 0.277 e. The van der Waals surface area contributed by atoms with Crippen LogP contribution in [0.15, 0.2) is 58.0 Å². The number of hydrazone groups is 1. The average Bonchev–Trinajstić information content (AvgIpc) is 3.16. The molecule has 154 valence electrons. The number of hydrogen-bond donors (Lipinski definition) is 1. The minimum atomic E-state index is -0.441. The Morgan fingerprint density at radius 2 is 1.87 bits per heavy atom. The Kier molecular flexibility index (Phi) is 6.26. The van der Waals surface area contributed by atoms with E-state index in [0.29, 0.717) is 17.3 Å². The van der Waals surface area contributed by atoms with Crippen molar-refractivity contribution in [2.24, 2.45) is 5.10 Å². The molecule has 8 nitrogen and oxygen atoms in total. The van der Waals surface area contributed by atoms with Crippen LogP contribution in [0.3, 0.4) is 0 Å². The molecule has 1 heterocycles. The first-order valence-corrected chi connectivity index (χ1v) is 9.21. The van der Waals surface area contributed by atoms with E-state index < -0.39 is 10.8 Å². The van der Waals surface area contributed by atoms with Crippen LogP contribution in [0.4, 0.5) is 5.69 Å². The molecule has 1 aromatic heterocycles. The maximum absolute atomic E-state index is 12.0. The van der Waals surface area contributed by atoms with Crippen molar-refractivity contribution >= 4 is 17.8 Å². The highest BCUT2D eigenvalue weighted by Crippen LogP contribution is 2.28. The standard InChI is InChI=1S/C22H21N3O5/c1-14-5-4-6-15(2)22(14)29-13-21(26)24-23-12-18-8-10-20(30-18)19-9-7-17(25(27)28)11-16(19)3/h4-12H,13H2,1-3H3,(H,24,26)/b23-12-. The van der Waals surface area contributed by atoms with Crippen molar-refractivity contribution < 1.29 is 18.9 Å². The zero-order valence-electron chi connectivity index (χ0n) is 16.8. The van der Waals surface area contributed by atoms with Crippen molar-refractivity contribution in [1.29, 1.82) is 0 Å². The number of benzene rings is 2. The summed E-state index contributed by atoms with van der Waals surface area (Å²) in [5.74, 6) is 1.27. The molecule has 0 bridgehead atoms. The average molecular weight is 407 g/mol. The molecule has 0 saturated carbocycles. The van der Waals surface area contributed by atoms with E-state index >= 15 is 0 Å². The van der Waals surface area contributed by atoms with Gasteiger partial charge in [-0.1, -0.05) is 18.2 Å². The number of carbonyl (C=O) groups is 1. The fraction of sp³-hybridized carbons (Fsp3) is 0.182. The second-order valence-electron chi connectivity index (χ2n) is 6.76. The Labute approximate surface area is 173 Å². The SMILES string of the molecule is Cc1cc([N+](=O)[O-])ccc1-c1ccc(/C=N\NC(=O)COc2c(C)cccc2C)o1. The molecule has 1 amide bonds. The van der Waals surface area contributed by atoms with Crippen LogP contribution in [-0.2, 0) is 4.79 Å². The summed E-state index contributed by atoms with van der Waals surface area (Å²) in [6.07, 6.45) is 1.38. The molecule has 0 saturated heterocycles. The molecule has 1 N–H and O–H groups in total. The lowest BCUT2D eigenvalue weighted by atomic mass is 10.1. The summed E-state index contributed by atoms with van der Waals surface area (Å²) in [7, 11) is 0. The summed E-state index contributed by atoms with van der Waals surface area (Å²) in [5.41, 5.74) is 5.79. The van der Waals surface area contributed by atoms with E-state index in [1.54, 1.807) is 25.1 Å². The number of nitro groups is 1. The summed E-state index contributed by atoms with van der Waals surface area (Å²) in [4.78, 5) is 22.4. The fourth-order valence-corrected chi connectivity index (χ4v) is 2.97. The first-order valence-electron chi connectivity index (χ1n) is 9.21. The quantitative estimate of drug-likeness (QED) is 0.357. The molecule has 0 unspecified atom stereocenters. The Hall–Kier alpha value is -3.94. The van der Waals surface area contributed by atoms with Gasteiger partial charge in [-0.25, -0.2) is 5.43 Å². The summed E-state index contributed by atoms with van der Waals surface area (Å²) in [5, 5.41) is 14.7. The highest BCUT2D eigenvalue weighted by molar-refractivity contribution is 5.82. The van der Waals surface area contributed by atoms with E-state index in [1.807, 2.05) is 32.0 Å². The molecule has 0 spiro atoms. The van der Waals surface area contributed by atoms with Gasteiger partial charge in [-0.15, -0.1) is 0 Å². The third-order valence-corrected chi connectivity index (χ3v) is 4.45. The van der Waals surface area contributed by atoms with Gasteiger partial charge >= 0.3 is 0 Å². The summed E-state index contributed by atoms with van der Waals surface area (Å²) in [6.45, 7) is 5.45. The minimum absolute atomic E-state index is 0.0235. The topological polar surface area (TPSA) is 107 Å². The number of para-hydroxylation sites is 1. The van der Waals surface area contributed by atoms with Crippen LogP contribution >= 0.6 is 0 Å². The number of aryl methyl sites for hydroxylation is 3. The molecule has 0 aliphatic heterocycles. The number of nitro benzene ring substituents is 1. The monoisotopic (exact) mass is 407 g/mol. The van der Waals surface area contributed by atoms with Crippen LogP contribution in [0.1, 0.15) is 22.5 Å². The van der Waals surface area contributed by atoms with Crippen molar-refractivity contribution in [2.45, 2.75) is 20.8 Å². The Balaban J connectivity index is 1.58. The molecule has 0 fully saturated rings. The van der Waals surface area contributed by atoms with Crippen molar-refractivity contribution in [2.75, 3.05) is 6.61 Å². The number of nitrogens with one attached hydrogen (secondary N) is 1. The molecular weight excluding hydrogens is 386 g/mol. The highest BCUT2D eigenvalue weighted by Gasteiger charge is 2.12. The van der Waals surface area contributed by atoms with E-state index in [1.165, 1.54) is 18.3 Å². The predicted molar refractivity (Wildman–Crippen MR) is 113 cm³/mol. The highest BCUT2D eigenvalue weighted by atomic mass is 16.6. The number of nitrogens with zero attached hydrogens (tertiary/aromatic N) is 2. The van der Waals surface area contributed by atoms with Gasteiger partial charge in [0, 0.05) is 17.7 Å². The number of amides is 1. The van der Waals surface area contributed by atoms with E-state index in [0.717, 1.165) is 22.3 Å². The van der Waals surface area contributed by atoms with Gasteiger partial charge in [-0.3, -0.25) is 14.9 Å².